The molecule has 1 aliphatic carbocycles. The van der Waals surface area contributed by atoms with E-state index in [9.17, 15) is 0 Å². The second-order valence-corrected chi connectivity index (χ2v) is 12.1. The Morgan fingerprint density at radius 3 is 1.59 bits per heavy atom. The molecular formula is C35H46O2. The number of fused-ring (bicyclic) bond motifs is 3. The molecule has 0 aliphatic heterocycles. The van der Waals surface area contributed by atoms with E-state index in [1.54, 1.807) is 0 Å². The summed E-state index contributed by atoms with van der Waals surface area (Å²) in [6, 6.07) is 23.5. The third-order valence-electron chi connectivity index (χ3n) is 9.38. The zero-order valence-electron chi connectivity index (χ0n) is 24.3. The summed E-state index contributed by atoms with van der Waals surface area (Å²) in [6.45, 7) is 15.3. The van der Waals surface area contributed by atoms with Gasteiger partial charge in [-0.15, -0.1) is 0 Å². The van der Waals surface area contributed by atoms with Gasteiger partial charge in [-0.3, -0.25) is 0 Å². The van der Waals surface area contributed by atoms with Gasteiger partial charge in [0.25, 0.3) is 0 Å². The van der Waals surface area contributed by atoms with Gasteiger partial charge in [0, 0.05) is 32.8 Å². The highest BCUT2D eigenvalue weighted by molar-refractivity contribution is 5.84. The smallest absolute Gasteiger partial charge is 0.0474 e. The highest BCUT2D eigenvalue weighted by Crippen LogP contribution is 2.54. The van der Waals surface area contributed by atoms with E-state index >= 15 is 0 Å². The number of rotatable bonds is 11. The molecule has 0 unspecified atom stereocenters. The van der Waals surface area contributed by atoms with Crippen LogP contribution in [0.3, 0.4) is 0 Å². The zero-order chi connectivity index (χ0) is 26.8. The van der Waals surface area contributed by atoms with Crippen molar-refractivity contribution in [1.29, 1.82) is 0 Å². The predicted octanol–water partition coefficient (Wildman–Crippen LogP) is 9.07. The lowest BCUT2D eigenvalue weighted by Gasteiger charge is -2.34. The Bertz CT molecular complexity index is 1210. The van der Waals surface area contributed by atoms with Gasteiger partial charge in [-0.2, -0.15) is 0 Å². The van der Waals surface area contributed by atoms with Crippen LogP contribution in [0.1, 0.15) is 89.5 Å². The molecule has 3 aromatic carbocycles. The molecule has 1 aliphatic rings. The first-order chi connectivity index (χ1) is 17.6. The molecule has 0 fully saturated rings. The maximum atomic E-state index is 5.69. The fraction of sp³-hybridized carbons (Fsp3) is 0.486. The maximum absolute atomic E-state index is 5.69. The Kier molecular flexibility index (Phi) is 8.02. The summed E-state index contributed by atoms with van der Waals surface area (Å²) in [7, 11) is 3.63. The van der Waals surface area contributed by atoms with Gasteiger partial charge in [0.15, 0.2) is 0 Å². The molecule has 4 rings (SSSR count). The Morgan fingerprint density at radius 1 is 0.595 bits per heavy atom. The monoisotopic (exact) mass is 498 g/mol. The van der Waals surface area contributed by atoms with Crippen LogP contribution >= 0.6 is 0 Å². The summed E-state index contributed by atoms with van der Waals surface area (Å²) in [5.41, 5.74) is 11.1. The van der Waals surface area contributed by atoms with Crippen molar-refractivity contribution in [3.8, 4) is 22.3 Å². The van der Waals surface area contributed by atoms with Gasteiger partial charge in [-0.1, -0.05) is 96.1 Å². The lowest BCUT2D eigenvalue weighted by molar-refractivity contribution is 0.145. The summed E-state index contributed by atoms with van der Waals surface area (Å²) in [4.78, 5) is 0. The molecule has 2 heteroatoms. The molecule has 0 heterocycles. The highest BCUT2D eigenvalue weighted by Gasteiger charge is 2.43. The highest BCUT2D eigenvalue weighted by atomic mass is 16.5. The van der Waals surface area contributed by atoms with Gasteiger partial charge in [-0.05, 0) is 87.1 Å². The number of methoxy groups -OCH3 is 2. The van der Waals surface area contributed by atoms with Crippen molar-refractivity contribution in [2.45, 2.75) is 83.5 Å². The van der Waals surface area contributed by atoms with E-state index < -0.39 is 0 Å². The molecular weight excluding hydrogens is 452 g/mol. The van der Waals surface area contributed by atoms with Crippen molar-refractivity contribution < 1.29 is 9.47 Å². The fourth-order valence-corrected chi connectivity index (χ4v) is 5.83. The van der Waals surface area contributed by atoms with Gasteiger partial charge in [0.2, 0.25) is 0 Å². The van der Waals surface area contributed by atoms with E-state index in [0.29, 0.717) is 0 Å². The van der Waals surface area contributed by atoms with Gasteiger partial charge in [0.1, 0.15) is 0 Å². The Balaban J connectivity index is 1.87. The normalized spacial score (nSPS) is 14.5. The molecule has 0 radical (unpaired) electrons. The summed E-state index contributed by atoms with van der Waals surface area (Å²) >= 11 is 0. The van der Waals surface area contributed by atoms with Crippen LogP contribution in [-0.4, -0.2) is 27.4 Å². The molecule has 0 saturated heterocycles. The lowest BCUT2D eigenvalue weighted by Crippen LogP contribution is -2.29. The molecule has 2 nitrogen and oxygen atoms in total. The van der Waals surface area contributed by atoms with Crippen molar-refractivity contribution in [2.24, 2.45) is 0 Å². The summed E-state index contributed by atoms with van der Waals surface area (Å²) < 4.78 is 11.4. The van der Waals surface area contributed by atoms with Crippen molar-refractivity contribution in [3.63, 3.8) is 0 Å². The van der Waals surface area contributed by atoms with Crippen LogP contribution in [0.5, 0.6) is 0 Å². The second-order valence-electron chi connectivity index (χ2n) is 12.1. The molecule has 37 heavy (non-hydrogen) atoms. The van der Waals surface area contributed by atoms with Crippen molar-refractivity contribution >= 4 is 0 Å². The average molecular weight is 499 g/mol. The van der Waals surface area contributed by atoms with E-state index in [1.807, 2.05) is 14.2 Å². The topological polar surface area (TPSA) is 18.5 Å². The van der Waals surface area contributed by atoms with Crippen LogP contribution in [0, 0.1) is 0 Å². The predicted molar refractivity (Wildman–Crippen MR) is 158 cm³/mol. The van der Waals surface area contributed by atoms with E-state index in [2.05, 4.69) is 102 Å². The van der Waals surface area contributed by atoms with Crippen LogP contribution in [0.25, 0.3) is 22.3 Å². The molecule has 0 atom stereocenters. The first-order valence-electron chi connectivity index (χ1n) is 14.0. The van der Waals surface area contributed by atoms with Crippen LogP contribution < -0.4 is 0 Å². The van der Waals surface area contributed by atoms with E-state index in [4.69, 9.17) is 9.47 Å². The maximum Gasteiger partial charge on any atom is 0.0474 e. The number of benzene rings is 3. The number of hydrogen-bond acceptors (Lipinski definition) is 2. The molecule has 3 aromatic rings. The Hall–Kier alpha value is -2.42. The van der Waals surface area contributed by atoms with Crippen molar-refractivity contribution in [1.82, 2.24) is 0 Å². The molecule has 0 saturated carbocycles. The molecule has 0 spiro atoms. The third-order valence-corrected chi connectivity index (χ3v) is 9.38. The van der Waals surface area contributed by atoms with Gasteiger partial charge in [-0.25, -0.2) is 0 Å². The van der Waals surface area contributed by atoms with E-state index in [0.717, 1.165) is 38.9 Å². The largest absolute Gasteiger partial charge is 0.385 e. The van der Waals surface area contributed by atoms with Gasteiger partial charge >= 0.3 is 0 Å². The molecule has 0 N–H and O–H groups in total. The Labute approximate surface area is 225 Å². The van der Waals surface area contributed by atoms with E-state index in [-0.39, 0.29) is 16.2 Å². The zero-order valence-corrected chi connectivity index (χ0v) is 24.3. The van der Waals surface area contributed by atoms with Crippen LogP contribution in [0.2, 0.25) is 0 Å². The number of ether oxygens (including phenoxy) is 2. The minimum absolute atomic E-state index is 0.128. The third kappa shape index (κ3) is 5.03. The minimum Gasteiger partial charge on any atom is -0.385 e. The molecule has 198 valence electrons. The first kappa shape index (κ1) is 27.6. The molecule has 0 amide bonds. The Morgan fingerprint density at radius 2 is 1.05 bits per heavy atom. The fourth-order valence-electron chi connectivity index (χ4n) is 5.83. The standard InChI is InChI=1S/C35H46O2/c1-9-33(3,4)27-14-11-25(12-15-27)26-13-17-29-30-18-16-28(34(5,6)10-2)24-32(30)35(19-21-36-7,20-22-37-8)31(29)23-26/h11-18,23-24H,9-10,19-22H2,1-8H3. The molecule has 0 aromatic heterocycles. The second kappa shape index (κ2) is 10.8. The molecule has 0 bridgehead atoms. The summed E-state index contributed by atoms with van der Waals surface area (Å²) in [5, 5.41) is 0. The SMILES string of the molecule is CCC(C)(C)c1ccc(-c2ccc3c(c2)C(CCOC)(CCOC)c2cc(C(C)(C)CC)ccc2-3)cc1. The van der Waals surface area contributed by atoms with Crippen LogP contribution in [0.4, 0.5) is 0 Å². The lowest BCUT2D eigenvalue weighted by atomic mass is 9.71. The summed E-state index contributed by atoms with van der Waals surface area (Å²) in [6.07, 6.45) is 4.12. The van der Waals surface area contributed by atoms with Gasteiger partial charge in [0.05, 0.1) is 0 Å². The number of hydrogen-bond donors (Lipinski definition) is 0. The minimum atomic E-state index is -0.128. The first-order valence-corrected chi connectivity index (χ1v) is 14.0. The van der Waals surface area contributed by atoms with Crippen molar-refractivity contribution in [3.05, 3.63) is 82.9 Å². The summed E-state index contributed by atoms with van der Waals surface area (Å²) in [5.74, 6) is 0. The quantitative estimate of drug-likeness (QED) is 0.262. The average Bonchev–Trinajstić information content (AvgIpc) is 3.19. The van der Waals surface area contributed by atoms with Crippen molar-refractivity contribution in [2.75, 3.05) is 27.4 Å². The van der Waals surface area contributed by atoms with Crippen LogP contribution in [0.15, 0.2) is 60.7 Å². The van der Waals surface area contributed by atoms with E-state index in [1.165, 1.54) is 44.5 Å². The van der Waals surface area contributed by atoms with Crippen LogP contribution in [-0.2, 0) is 25.7 Å². The van der Waals surface area contributed by atoms with Gasteiger partial charge < -0.3 is 9.47 Å².